The quantitative estimate of drug-likeness (QED) is 0.654. The van der Waals surface area contributed by atoms with E-state index in [-0.39, 0.29) is 36.1 Å². The number of rotatable bonds is 6. The van der Waals surface area contributed by atoms with E-state index in [1.54, 1.807) is 17.0 Å². The van der Waals surface area contributed by atoms with Crippen LogP contribution in [0.1, 0.15) is 48.9 Å². The fraction of sp³-hybridized carbons (Fsp3) is 0.619. The summed E-state index contributed by atoms with van der Waals surface area (Å²) in [6.45, 7) is -0.360. The summed E-state index contributed by atoms with van der Waals surface area (Å²) < 4.78 is 29.2. The molecular weight excluding hydrogens is 392 g/mol. The van der Waals surface area contributed by atoms with Crippen molar-refractivity contribution in [1.29, 1.82) is 0 Å². The van der Waals surface area contributed by atoms with Crippen LogP contribution in [0.4, 0.5) is 5.69 Å². The summed E-state index contributed by atoms with van der Waals surface area (Å²) in [5.74, 6) is -0.718. The Morgan fingerprint density at radius 1 is 1.00 bits per heavy atom. The molecule has 1 amide bonds. The first-order valence-corrected chi connectivity index (χ1v) is 12.0. The van der Waals surface area contributed by atoms with E-state index in [2.05, 4.69) is 0 Å². The summed E-state index contributed by atoms with van der Waals surface area (Å²) in [6.07, 6.45) is 5.42. The standard InChI is InChI=1S/C21H30N2O5S/c1-22(2)17-10-8-16(9-11-17)21(25)28-14-20(24)23(18-6-4-3-5-7-18)19-12-13-29(26,27)15-19/h8-11,18-19H,3-7,12-15H2,1-2H3. The van der Waals surface area contributed by atoms with E-state index < -0.39 is 15.8 Å². The van der Waals surface area contributed by atoms with Crippen LogP contribution >= 0.6 is 0 Å². The zero-order valence-electron chi connectivity index (χ0n) is 17.2. The molecule has 1 aliphatic carbocycles. The van der Waals surface area contributed by atoms with Gasteiger partial charge in [0.05, 0.1) is 17.1 Å². The molecular formula is C21H30N2O5S. The number of carbonyl (C=O) groups is 2. The number of anilines is 1. The van der Waals surface area contributed by atoms with Crippen molar-refractivity contribution in [3.63, 3.8) is 0 Å². The molecule has 1 atom stereocenters. The van der Waals surface area contributed by atoms with Crippen LogP contribution < -0.4 is 4.90 Å². The Hall–Kier alpha value is -2.09. The van der Waals surface area contributed by atoms with Crippen LogP contribution in [0.15, 0.2) is 24.3 Å². The van der Waals surface area contributed by atoms with Gasteiger partial charge in [-0.3, -0.25) is 4.79 Å². The summed E-state index contributed by atoms with van der Waals surface area (Å²) in [5.41, 5.74) is 1.35. The summed E-state index contributed by atoms with van der Waals surface area (Å²) in [6, 6.07) is 6.70. The number of esters is 1. The highest BCUT2D eigenvalue weighted by atomic mass is 32.2. The minimum Gasteiger partial charge on any atom is -0.452 e. The number of nitrogens with zero attached hydrogens (tertiary/aromatic N) is 2. The molecule has 1 heterocycles. The minimum absolute atomic E-state index is 0.00911. The summed E-state index contributed by atoms with van der Waals surface area (Å²) in [7, 11) is 0.720. The maximum Gasteiger partial charge on any atom is 0.338 e. The Morgan fingerprint density at radius 2 is 1.66 bits per heavy atom. The Labute approximate surface area is 172 Å². The molecule has 7 nitrogen and oxygen atoms in total. The van der Waals surface area contributed by atoms with Crippen LogP contribution in [0.2, 0.25) is 0 Å². The van der Waals surface area contributed by atoms with Gasteiger partial charge in [-0.25, -0.2) is 13.2 Å². The van der Waals surface area contributed by atoms with Gasteiger partial charge in [-0.05, 0) is 43.5 Å². The van der Waals surface area contributed by atoms with Crippen molar-refractivity contribution in [2.75, 3.05) is 37.1 Å². The third kappa shape index (κ3) is 5.50. The molecule has 29 heavy (non-hydrogen) atoms. The number of sulfone groups is 1. The molecule has 1 saturated carbocycles. The van der Waals surface area contributed by atoms with Gasteiger partial charge in [0, 0.05) is 31.9 Å². The van der Waals surface area contributed by atoms with Gasteiger partial charge in [-0.1, -0.05) is 19.3 Å². The van der Waals surface area contributed by atoms with Crippen molar-refractivity contribution in [3.8, 4) is 0 Å². The maximum atomic E-state index is 13.0. The number of carbonyl (C=O) groups excluding carboxylic acids is 2. The second kappa shape index (κ2) is 9.15. The summed E-state index contributed by atoms with van der Waals surface area (Å²) >= 11 is 0. The molecule has 1 aromatic rings. The molecule has 8 heteroatoms. The van der Waals surface area contributed by atoms with Gasteiger partial charge in [0.15, 0.2) is 16.4 Å². The first-order valence-electron chi connectivity index (χ1n) is 10.2. The van der Waals surface area contributed by atoms with E-state index >= 15 is 0 Å². The second-order valence-corrected chi connectivity index (χ2v) is 10.4. The molecule has 2 aliphatic rings. The van der Waals surface area contributed by atoms with E-state index in [0.29, 0.717) is 12.0 Å². The van der Waals surface area contributed by atoms with Gasteiger partial charge in [0.1, 0.15) is 0 Å². The van der Waals surface area contributed by atoms with Crippen molar-refractivity contribution in [2.45, 2.75) is 50.6 Å². The molecule has 160 valence electrons. The molecule has 0 bridgehead atoms. The molecule has 2 fully saturated rings. The average molecular weight is 423 g/mol. The Morgan fingerprint density at radius 3 is 2.21 bits per heavy atom. The topological polar surface area (TPSA) is 84.0 Å². The SMILES string of the molecule is CN(C)c1ccc(C(=O)OCC(=O)N(C2CCCCC2)C2CCS(=O)(=O)C2)cc1. The Kier molecular flexibility index (Phi) is 6.82. The van der Waals surface area contributed by atoms with Crippen LogP contribution in [0.25, 0.3) is 0 Å². The lowest BCUT2D eigenvalue weighted by Gasteiger charge is -2.38. The number of ether oxygens (including phenoxy) is 1. The van der Waals surface area contributed by atoms with Crippen LogP contribution in [0.5, 0.6) is 0 Å². The fourth-order valence-corrected chi connectivity index (χ4v) is 5.95. The van der Waals surface area contributed by atoms with Gasteiger partial charge < -0.3 is 14.5 Å². The number of benzene rings is 1. The first kappa shape index (κ1) is 21.6. The second-order valence-electron chi connectivity index (χ2n) is 8.17. The highest BCUT2D eigenvalue weighted by Crippen LogP contribution is 2.28. The van der Waals surface area contributed by atoms with Gasteiger partial charge in [0.2, 0.25) is 0 Å². The Balaban J connectivity index is 1.65. The van der Waals surface area contributed by atoms with Gasteiger partial charge in [-0.2, -0.15) is 0 Å². The Bertz CT molecular complexity index is 829. The van der Waals surface area contributed by atoms with E-state index in [0.717, 1.165) is 37.8 Å². The van der Waals surface area contributed by atoms with Gasteiger partial charge in [-0.15, -0.1) is 0 Å². The van der Waals surface area contributed by atoms with E-state index in [1.807, 2.05) is 31.1 Å². The van der Waals surface area contributed by atoms with Crippen molar-refractivity contribution in [2.24, 2.45) is 0 Å². The van der Waals surface area contributed by atoms with E-state index in [9.17, 15) is 18.0 Å². The van der Waals surface area contributed by atoms with Crippen molar-refractivity contribution < 1.29 is 22.7 Å². The zero-order chi connectivity index (χ0) is 21.0. The lowest BCUT2D eigenvalue weighted by atomic mass is 9.93. The predicted octanol–water partition coefficient (Wildman–Crippen LogP) is 2.26. The molecule has 1 saturated heterocycles. The average Bonchev–Trinajstić information content (AvgIpc) is 3.06. The fourth-order valence-electron chi connectivity index (χ4n) is 4.24. The highest BCUT2D eigenvalue weighted by molar-refractivity contribution is 7.91. The molecule has 0 radical (unpaired) electrons. The molecule has 0 N–H and O–H groups in total. The number of amides is 1. The van der Waals surface area contributed by atoms with E-state index in [4.69, 9.17) is 4.74 Å². The van der Waals surface area contributed by atoms with Gasteiger partial charge >= 0.3 is 5.97 Å². The van der Waals surface area contributed by atoms with Crippen molar-refractivity contribution in [1.82, 2.24) is 4.90 Å². The van der Waals surface area contributed by atoms with Crippen LogP contribution in [-0.2, 0) is 19.4 Å². The third-order valence-corrected chi connectivity index (χ3v) is 7.55. The monoisotopic (exact) mass is 422 g/mol. The highest BCUT2D eigenvalue weighted by Gasteiger charge is 2.38. The summed E-state index contributed by atoms with van der Waals surface area (Å²) in [4.78, 5) is 29.0. The van der Waals surface area contributed by atoms with Crippen molar-refractivity contribution >= 4 is 27.4 Å². The normalized spacial score (nSPS) is 21.5. The van der Waals surface area contributed by atoms with Crippen LogP contribution in [0, 0.1) is 0 Å². The summed E-state index contributed by atoms with van der Waals surface area (Å²) in [5, 5.41) is 0. The molecule has 0 aromatic heterocycles. The number of hydrogen-bond donors (Lipinski definition) is 0. The van der Waals surface area contributed by atoms with E-state index in [1.165, 1.54) is 0 Å². The molecule has 3 rings (SSSR count). The number of hydrogen-bond acceptors (Lipinski definition) is 6. The maximum absolute atomic E-state index is 13.0. The first-order chi connectivity index (χ1) is 13.8. The zero-order valence-corrected chi connectivity index (χ0v) is 18.0. The van der Waals surface area contributed by atoms with Gasteiger partial charge in [0.25, 0.3) is 5.91 Å². The largest absolute Gasteiger partial charge is 0.452 e. The predicted molar refractivity (Wildman–Crippen MR) is 112 cm³/mol. The lowest BCUT2D eigenvalue weighted by Crippen LogP contribution is -2.50. The third-order valence-electron chi connectivity index (χ3n) is 5.80. The lowest BCUT2D eigenvalue weighted by molar-refractivity contribution is -0.140. The van der Waals surface area contributed by atoms with Crippen LogP contribution in [-0.4, -0.2) is 69.5 Å². The molecule has 1 aliphatic heterocycles. The van der Waals surface area contributed by atoms with Crippen LogP contribution in [0.3, 0.4) is 0 Å². The van der Waals surface area contributed by atoms with Crippen molar-refractivity contribution in [3.05, 3.63) is 29.8 Å². The molecule has 1 unspecified atom stereocenters. The molecule has 0 spiro atoms. The molecule has 1 aromatic carbocycles. The smallest absolute Gasteiger partial charge is 0.338 e. The minimum atomic E-state index is -3.10.